The SMILES string of the molecule is CCc1cccc(NC(=O)c2cc(Br)ccc2C)c1. The Balaban J connectivity index is 2.23. The summed E-state index contributed by atoms with van der Waals surface area (Å²) in [7, 11) is 0. The number of hydrogen-bond acceptors (Lipinski definition) is 1. The number of halogens is 1. The van der Waals surface area contributed by atoms with Crippen molar-refractivity contribution in [1.82, 2.24) is 0 Å². The summed E-state index contributed by atoms with van der Waals surface area (Å²) < 4.78 is 0.908. The van der Waals surface area contributed by atoms with Crippen molar-refractivity contribution in [3.8, 4) is 0 Å². The van der Waals surface area contributed by atoms with Crippen molar-refractivity contribution in [3.63, 3.8) is 0 Å². The van der Waals surface area contributed by atoms with Gasteiger partial charge in [-0.3, -0.25) is 4.79 Å². The molecule has 19 heavy (non-hydrogen) atoms. The number of rotatable bonds is 3. The summed E-state index contributed by atoms with van der Waals surface area (Å²) in [6.45, 7) is 4.03. The summed E-state index contributed by atoms with van der Waals surface area (Å²) in [6, 6.07) is 13.6. The van der Waals surface area contributed by atoms with E-state index in [1.807, 2.05) is 43.3 Å². The number of hydrogen-bond donors (Lipinski definition) is 1. The van der Waals surface area contributed by atoms with Gasteiger partial charge < -0.3 is 5.32 Å². The predicted octanol–water partition coefficient (Wildman–Crippen LogP) is 4.57. The normalized spacial score (nSPS) is 10.3. The molecule has 0 spiro atoms. The van der Waals surface area contributed by atoms with Gasteiger partial charge in [0.05, 0.1) is 0 Å². The van der Waals surface area contributed by atoms with Crippen molar-refractivity contribution in [2.75, 3.05) is 5.32 Å². The van der Waals surface area contributed by atoms with Crippen LogP contribution in [0.3, 0.4) is 0 Å². The van der Waals surface area contributed by atoms with Crippen LogP contribution < -0.4 is 5.32 Å². The van der Waals surface area contributed by atoms with E-state index >= 15 is 0 Å². The molecule has 0 heterocycles. The Hall–Kier alpha value is -1.61. The topological polar surface area (TPSA) is 29.1 Å². The molecule has 0 aliphatic rings. The molecule has 2 rings (SSSR count). The highest BCUT2D eigenvalue weighted by Crippen LogP contribution is 2.18. The van der Waals surface area contributed by atoms with Crippen LogP contribution >= 0.6 is 15.9 Å². The summed E-state index contributed by atoms with van der Waals surface area (Å²) in [6.07, 6.45) is 0.958. The Bertz CT molecular complexity index is 607. The summed E-state index contributed by atoms with van der Waals surface area (Å²) >= 11 is 3.39. The minimum atomic E-state index is -0.0768. The molecule has 0 saturated heterocycles. The average Bonchev–Trinajstić information content (AvgIpc) is 2.41. The third-order valence-electron chi connectivity index (χ3n) is 3.04. The van der Waals surface area contributed by atoms with Crippen molar-refractivity contribution in [1.29, 1.82) is 0 Å². The van der Waals surface area contributed by atoms with E-state index in [-0.39, 0.29) is 5.91 Å². The number of amides is 1. The maximum Gasteiger partial charge on any atom is 0.255 e. The van der Waals surface area contributed by atoms with Crippen LogP contribution in [0.25, 0.3) is 0 Å². The lowest BCUT2D eigenvalue weighted by Crippen LogP contribution is -2.13. The summed E-state index contributed by atoms with van der Waals surface area (Å²) in [5.41, 5.74) is 3.70. The van der Waals surface area contributed by atoms with Crippen LogP contribution in [0, 0.1) is 6.92 Å². The minimum Gasteiger partial charge on any atom is -0.322 e. The molecule has 0 aliphatic carbocycles. The van der Waals surface area contributed by atoms with Crippen LogP contribution in [-0.4, -0.2) is 5.91 Å². The molecule has 1 amide bonds. The number of anilines is 1. The van der Waals surface area contributed by atoms with Crippen molar-refractivity contribution in [3.05, 3.63) is 63.6 Å². The number of carbonyl (C=O) groups excluding carboxylic acids is 1. The minimum absolute atomic E-state index is 0.0768. The molecule has 0 unspecified atom stereocenters. The number of benzene rings is 2. The Kier molecular flexibility index (Phi) is 4.38. The molecule has 98 valence electrons. The second-order valence-electron chi connectivity index (χ2n) is 4.47. The quantitative estimate of drug-likeness (QED) is 0.882. The second kappa shape index (κ2) is 6.02. The fourth-order valence-electron chi connectivity index (χ4n) is 1.91. The molecular weight excluding hydrogens is 302 g/mol. The molecule has 0 bridgehead atoms. The van der Waals surface area contributed by atoms with Gasteiger partial charge in [0, 0.05) is 15.7 Å². The molecule has 3 heteroatoms. The van der Waals surface area contributed by atoms with Crippen LogP contribution in [0.15, 0.2) is 46.9 Å². The molecule has 0 aromatic heterocycles. The van der Waals surface area contributed by atoms with Gasteiger partial charge >= 0.3 is 0 Å². The smallest absolute Gasteiger partial charge is 0.255 e. The lowest BCUT2D eigenvalue weighted by molar-refractivity contribution is 0.102. The lowest BCUT2D eigenvalue weighted by Gasteiger charge is -2.09. The molecule has 0 radical (unpaired) electrons. The average molecular weight is 318 g/mol. The second-order valence-corrected chi connectivity index (χ2v) is 5.38. The van der Waals surface area contributed by atoms with Crippen LogP contribution in [0.4, 0.5) is 5.69 Å². The highest BCUT2D eigenvalue weighted by molar-refractivity contribution is 9.10. The summed E-state index contributed by atoms with van der Waals surface area (Å²) in [4.78, 5) is 12.3. The monoisotopic (exact) mass is 317 g/mol. The first-order valence-electron chi connectivity index (χ1n) is 6.26. The first-order chi connectivity index (χ1) is 9.10. The molecule has 0 fully saturated rings. The first kappa shape index (κ1) is 13.8. The zero-order valence-corrected chi connectivity index (χ0v) is 12.6. The Morgan fingerprint density at radius 3 is 2.74 bits per heavy atom. The highest BCUT2D eigenvalue weighted by atomic mass is 79.9. The number of nitrogens with one attached hydrogen (secondary N) is 1. The lowest BCUT2D eigenvalue weighted by atomic mass is 10.1. The first-order valence-corrected chi connectivity index (χ1v) is 7.06. The maximum absolute atomic E-state index is 12.3. The summed E-state index contributed by atoms with van der Waals surface area (Å²) in [5, 5.41) is 2.94. The van der Waals surface area contributed by atoms with E-state index in [0.717, 1.165) is 22.1 Å². The Morgan fingerprint density at radius 1 is 1.21 bits per heavy atom. The van der Waals surface area contributed by atoms with Crippen molar-refractivity contribution >= 4 is 27.5 Å². The molecule has 0 saturated carbocycles. The van der Waals surface area contributed by atoms with E-state index in [0.29, 0.717) is 5.56 Å². The standard InChI is InChI=1S/C16H16BrNO/c1-3-12-5-4-6-14(9-12)18-16(19)15-10-13(17)8-7-11(15)2/h4-10H,3H2,1-2H3,(H,18,19). The molecule has 2 aromatic carbocycles. The molecule has 2 nitrogen and oxygen atoms in total. The van der Waals surface area contributed by atoms with Gasteiger partial charge in [-0.1, -0.05) is 41.1 Å². The molecule has 0 atom stereocenters. The van der Waals surface area contributed by atoms with E-state index in [1.165, 1.54) is 5.56 Å². The number of aryl methyl sites for hydroxylation is 2. The van der Waals surface area contributed by atoms with E-state index in [1.54, 1.807) is 0 Å². The van der Waals surface area contributed by atoms with Crippen LogP contribution in [0.5, 0.6) is 0 Å². The van der Waals surface area contributed by atoms with Crippen LogP contribution in [-0.2, 0) is 6.42 Å². The third-order valence-corrected chi connectivity index (χ3v) is 3.53. The molecule has 2 aromatic rings. The maximum atomic E-state index is 12.3. The van der Waals surface area contributed by atoms with Crippen LogP contribution in [0.1, 0.15) is 28.4 Å². The van der Waals surface area contributed by atoms with Gasteiger partial charge in [-0.25, -0.2) is 0 Å². The predicted molar refractivity (Wildman–Crippen MR) is 82.7 cm³/mol. The summed E-state index contributed by atoms with van der Waals surface area (Å²) in [5.74, 6) is -0.0768. The van der Waals surface area contributed by atoms with Gasteiger partial charge in [0.25, 0.3) is 5.91 Å². The van der Waals surface area contributed by atoms with Gasteiger partial charge in [-0.2, -0.15) is 0 Å². The van der Waals surface area contributed by atoms with Gasteiger partial charge in [-0.15, -0.1) is 0 Å². The van der Waals surface area contributed by atoms with Crippen LogP contribution in [0.2, 0.25) is 0 Å². The molecule has 0 aliphatic heterocycles. The van der Waals surface area contributed by atoms with Crippen molar-refractivity contribution in [2.45, 2.75) is 20.3 Å². The third kappa shape index (κ3) is 3.44. The molecular formula is C16H16BrNO. The Morgan fingerprint density at radius 2 is 2.00 bits per heavy atom. The van der Waals surface area contributed by atoms with E-state index in [4.69, 9.17) is 0 Å². The Labute approximate surface area is 122 Å². The zero-order valence-electron chi connectivity index (χ0n) is 11.0. The highest BCUT2D eigenvalue weighted by Gasteiger charge is 2.09. The fraction of sp³-hybridized carbons (Fsp3) is 0.188. The van der Waals surface area contributed by atoms with Gasteiger partial charge in [0.1, 0.15) is 0 Å². The largest absolute Gasteiger partial charge is 0.322 e. The van der Waals surface area contributed by atoms with E-state index in [2.05, 4.69) is 34.2 Å². The van der Waals surface area contributed by atoms with Gasteiger partial charge in [-0.05, 0) is 48.7 Å². The number of carbonyl (C=O) groups is 1. The van der Waals surface area contributed by atoms with Gasteiger partial charge in [0.2, 0.25) is 0 Å². The van der Waals surface area contributed by atoms with E-state index < -0.39 is 0 Å². The molecule has 1 N–H and O–H groups in total. The fourth-order valence-corrected chi connectivity index (χ4v) is 2.27. The van der Waals surface area contributed by atoms with E-state index in [9.17, 15) is 4.79 Å². The van der Waals surface area contributed by atoms with Gasteiger partial charge in [0.15, 0.2) is 0 Å². The zero-order chi connectivity index (χ0) is 13.8. The van der Waals surface area contributed by atoms with Crippen molar-refractivity contribution in [2.24, 2.45) is 0 Å². The van der Waals surface area contributed by atoms with Crippen molar-refractivity contribution < 1.29 is 4.79 Å².